The highest BCUT2D eigenvalue weighted by atomic mass is 127. The number of allylic oxidation sites excluding steroid dienone is 4. The molecule has 0 fully saturated rings. The third kappa shape index (κ3) is 7.49. The quantitative estimate of drug-likeness (QED) is 0.219. The maximum Gasteiger partial charge on any atom is 0.262 e. The number of Topliss-reactive ketones (excluding diaryl/α,β-unsaturated/α-hetero) is 2. The van der Waals surface area contributed by atoms with E-state index in [-0.39, 0.29) is 34.9 Å². The number of rotatable bonds is 9. The van der Waals surface area contributed by atoms with E-state index in [1.54, 1.807) is 0 Å². The van der Waals surface area contributed by atoms with Crippen LogP contribution in [0.3, 0.4) is 0 Å². The van der Waals surface area contributed by atoms with E-state index < -0.39 is 5.92 Å². The van der Waals surface area contributed by atoms with Crippen molar-refractivity contribution in [3.63, 3.8) is 0 Å². The van der Waals surface area contributed by atoms with Crippen molar-refractivity contribution in [3.8, 4) is 11.5 Å². The van der Waals surface area contributed by atoms with Gasteiger partial charge in [0, 0.05) is 53.5 Å². The van der Waals surface area contributed by atoms with E-state index >= 15 is 0 Å². The number of hydrogen-bond acceptors (Lipinski definition) is 6. The van der Waals surface area contributed by atoms with Crippen molar-refractivity contribution in [2.45, 2.75) is 79.7 Å². The van der Waals surface area contributed by atoms with Crippen LogP contribution in [0.5, 0.6) is 11.5 Å². The molecule has 0 bridgehead atoms. The molecule has 3 aromatic rings. The Bertz CT molecular complexity index is 1800. The first-order chi connectivity index (χ1) is 23.2. The molecule has 6 rings (SSSR count). The van der Waals surface area contributed by atoms with Gasteiger partial charge in [0.05, 0.1) is 10.2 Å². The second kappa shape index (κ2) is 13.8. The lowest BCUT2D eigenvalue weighted by Gasteiger charge is -2.49. The van der Waals surface area contributed by atoms with Gasteiger partial charge in [-0.2, -0.15) is 0 Å². The summed E-state index contributed by atoms with van der Waals surface area (Å²) in [6, 6.07) is 21.8. The summed E-state index contributed by atoms with van der Waals surface area (Å²) in [7, 11) is 0. The molecule has 3 aromatic carbocycles. The van der Waals surface area contributed by atoms with Gasteiger partial charge in [-0.05, 0) is 95.5 Å². The number of ketones is 2. The zero-order chi connectivity index (χ0) is 35.1. The third-order valence-corrected chi connectivity index (χ3v) is 10.4. The number of benzene rings is 3. The number of halogens is 1. The number of anilines is 1. The van der Waals surface area contributed by atoms with E-state index in [9.17, 15) is 14.4 Å². The lowest BCUT2D eigenvalue weighted by atomic mass is 9.63. The van der Waals surface area contributed by atoms with E-state index in [0.29, 0.717) is 54.3 Å². The number of hydrogen-bond donors (Lipinski definition) is 1. The number of carbonyl (C=O) groups excluding carboxylic acids is 3. The summed E-state index contributed by atoms with van der Waals surface area (Å²) in [5.74, 6) is 0.306. The van der Waals surface area contributed by atoms with Crippen molar-refractivity contribution >= 4 is 45.8 Å². The molecule has 2 aliphatic carbocycles. The molecule has 0 saturated carbocycles. The van der Waals surface area contributed by atoms with E-state index in [2.05, 4.69) is 72.6 Å². The maximum atomic E-state index is 14.3. The van der Waals surface area contributed by atoms with E-state index in [1.165, 1.54) is 0 Å². The zero-order valence-corrected chi connectivity index (χ0v) is 31.4. The van der Waals surface area contributed by atoms with Gasteiger partial charge in [0.15, 0.2) is 29.7 Å². The highest BCUT2D eigenvalue weighted by Crippen LogP contribution is 2.55. The minimum Gasteiger partial charge on any atom is -0.490 e. The Hall–Kier alpha value is -3.92. The Morgan fingerprint density at radius 1 is 0.857 bits per heavy atom. The molecule has 256 valence electrons. The number of amides is 1. The van der Waals surface area contributed by atoms with Crippen LogP contribution in [0, 0.1) is 21.3 Å². The van der Waals surface area contributed by atoms with Crippen LogP contribution in [-0.2, 0) is 20.9 Å². The van der Waals surface area contributed by atoms with Gasteiger partial charge in [0.1, 0.15) is 0 Å². The van der Waals surface area contributed by atoms with E-state index in [1.807, 2.05) is 68.4 Å². The summed E-state index contributed by atoms with van der Waals surface area (Å²) < 4.78 is 13.0. The first-order valence-corrected chi connectivity index (χ1v) is 18.1. The Kier molecular flexibility index (Phi) is 9.81. The Morgan fingerprint density at radius 3 is 2.02 bits per heavy atom. The van der Waals surface area contributed by atoms with E-state index in [4.69, 9.17) is 9.47 Å². The average Bonchev–Trinajstić information content (AvgIpc) is 3.02. The van der Waals surface area contributed by atoms with Crippen molar-refractivity contribution in [1.29, 1.82) is 0 Å². The molecule has 1 aliphatic heterocycles. The second-order valence-electron chi connectivity index (χ2n) is 15.1. The highest BCUT2D eigenvalue weighted by Gasteiger charge is 2.49. The molecule has 49 heavy (non-hydrogen) atoms. The number of nitrogens with zero attached hydrogens (tertiary/aromatic N) is 1. The molecule has 0 atom stereocenters. The van der Waals surface area contributed by atoms with Crippen LogP contribution >= 0.6 is 22.6 Å². The van der Waals surface area contributed by atoms with Crippen molar-refractivity contribution in [2.75, 3.05) is 18.5 Å². The molecule has 1 heterocycles. The fourth-order valence-electron chi connectivity index (χ4n) is 7.47. The molecule has 0 spiro atoms. The second-order valence-corrected chi connectivity index (χ2v) is 16.2. The van der Waals surface area contributed by atoms with Crippen molar-refractivity contribution in [3.05, 3.63) is 110 Å². The molecule has 0 unspecified atom stereocenters. The smallest absolute Gasteiger partial charge is 0.262 e. The fourth-order valence-corrected chi connectivity index (χ4v) is 8.25. The molecule has 1 amide bonds. The van der Waals surface area contributed by atoms with Crippen LogP contribution in [0.15, 0.2) is 89.3 Å². The lowest BCUT2D eigenvalue weighted by molar-refractivity contribution is -0.120. The van der Waals surface area contributed by atoms with Gasteiger partial charge in [0.25, 0.3) is 5.91 Å². The molecule has 0 aromatic heterocycles. The van der Waals surface area contributed by atoms with Gasteiger partial charge in [-0.15, -0.1) is 0 Å². The lowest BCUT2D eigenvalue weighted by Crippen LogP contribution is -2.44. The predicted molar refractivity (Wildman–Crippen MR) is 200 cm³/mol. The molecule has 3 aliphatic rings. The SMILES string of the molecule is CCOc1cc(C2C3=C(CC(C)(C)CC3=O)N(Cc3ccccc3)C3=C2C(=O)CC(C)(C)C3)cc(I)c1OCC(=O)Nc1ccc(C)cc1. The largest absolute Gasteiger partial charge is 0.490 e. The van der Waals surface area contributed by atoms with Crippen LogP contribution in [0.1, 0.15) is 82.9 Å². The molecule has 0 saturated heterocycles. The Balaban J connectivity index is 1.44. The van der Waals surface area contributed by atoms with Crippen LogP contribution in [0.25, 0.3) is 0 Å². The summed E-state index contributed by atoms with van der Waals surface area (Å²) in [5.41, 5.74) is 6.78. The summed E-state index contributed by atoms with van der Waals surface area (Å²) in [4.78, 5) is 43.8. The van der Waals surface area contributed by atoms with Gasteiger partial charge in [-0.25, -0.2) is 0 Å². The highest BCUT2D eigenvalue weighted by molar-refractivity contribution is 14.1. The van der Waals surface area contributed by atoms with Crippen LogP contribution < -0.4 is 14.8 Å². The molecule has 1 N–H and O–H groups in total. The molecular weight excluding hydrogens is 727 g/mol. The van der Waals surface area contributed by atoms with Gasteiger partial charge in [-0.3, -0.25) is 14.4 Å². The maximum absolute atomic E-state index is 14.3. The first-order valence-electron chi connectivity index (χ1n) is 17.0. The van der Waals surface area contributed by atoms with Crippen molar-refractivity contribution in [2.24, 2.45) is 10.8 Å². The summed E-state index contributed by atoms with van der Waals surface area (Å²) in [5, 5.41) is 2.88. The van der Waals surface area contributed by atoms with Crippen LogP contribution in [0.2, 0.25) is 0 Å². The van der Waals surface area contributed by atoms with Gasteiger partial charge < -0.3 is 19.7 Å². The first kappa shape index (κ1) is 34.9. The molecule has 0 radical (unpaired) electrons. The molecule has 7 nitrogen and oxygen atoms in total. The average molecular weight is 773 g/mol. The van der Waals surface area contributed by atoms with E-state index in [0.717, 1.165) is 44.5 Å². The summed E-state index contributed by atoms with van der Waals surface area (Å²) in [6.45, 7) is 13.3. The Labute approximate surface area is 303 Å². The predicted octanol–water partition coefficient (Wildman–Crippen LogP) is 8.90. The number of carbonyl (C=O) groups is 3. The number of ether oxygens (including phenoxy) is 2. The number of nitrogens with one attached hydrogen (secondary N) is 1. The summed E-state index contributed by atoms with van der Waals surface area (Å²) >= 11 is 2.21. The third-order valence-electron chi connectivity index (χ3n) is 9.55. The fraction of sp³-hybridized carbons (Fsp3) is 0.390. The van der Waals surface area contributed by atoms with Gasteiger partial charge in [0.2, 0.25) is 0 Å². The monoisotopic (exact) mass is 772 g/mol. The standard InChI is InChI=1S/C41H45IN2O5/c1-7-48-34-18-27(17-29(42)39(34)49-24-35(47)43-28-15-13-25(2)14-16-28)36-37-30(19-40(3,4)21-32(37)45)44(23-26-11-9-8-10-12-26)31-20-41(5,6)22-33(46)38(31)36/h8-18,36H,7,19-24H2,1-6H3,(H,43,47). The topological polar surface area (TPSA) is 84.9 Å². The molecule has 8 heteroatoms. The minimum absolute atomic E-state index is 0.0829. The van der Waals surface area contributed by atoms with Gasteiger partial charge in [-0.1, -0.05) is 75.7 Å². The van der Waals surface area contributed by atoms with Crippen LogP contribution in [0.4, 0.5) is 5.69 Å². The van der Waals surface area contributed by atoms with Crippen molar-refractivity contribution in [1.82, 2.24) is 4.90 Å². The molecular formula is C41H45IN2O5. The summed E-state index contributed by atoms with van der Waals surface area (Å²) in [6.07, 6.45) is 2.29. The number of aryl methyl sites for hydroxylation is 1. The minimum atomic E-state index is -0.518. The van der Waals surface area contributed by atoms with Crippen molar-refractivity contribution < 1.29 is 23.9 Å². The normalized spacial score (nSPS) is 18.6. The Morgan fingerprint density at radius 2 is 1.45 bits per heavy atom. The van der Waals surface area contributed by atoms with Crippen LogP contribution in [-0.4, -0.2) is 35.6 Å². The zero-order valence-electron chi connectivity index (χ0n) is 29.2. The van der Waals surface area contributed by atoms with Gasteiger partial charge >= 0.3 is 0 Å².